The number of fused-ring (bicyclic) bond motifs is 7. The molecule has 0 N–H and O–H groups in total. The van der Waals surface area contributed by atoms with Gasteiger partial charge in [-0.2, -0.15) is 0 Å². The summed E-state index contributed by atoms with van der Waals surface area (Å²) in [5.41, 5.74) is 7.51. The maximum Gasteiger partial charge on any atom is 0.164 e. The molecule has 0 bridgehead atoms. The third kappa shape index (κ3) is 4.28. The largest absolute Gasteiger partial charge is 0.460 e. The first-order chi connectivity index (χ1) is 23.8. The Labute approximate surface area is 275 Å². The van der Waals surface area contributed by atoms with Gasteiger partial charge in [0, 0.05) is 44.3 Å². The minimum Gasteiger partial charge on any atom is -0.460 e. The van der Waals surface area contributed by atoms with Gasteiger partial charge in [0.05, 0.1) is 0 Å². The molecule has 5 heteroatoms. The van der Waals surface area contributed by atoms with Gasteiger partial charge in [-0.15, -0.1) is 0 Å². The lowest BCUT2D eigenvalue weighted by Gasteiger charge is -2.19. The molecule has 10 rings (SSSR count). The first kappa shape index (κ1) is 26.8. The second-order valence-corrected chi connectivity index (χ2v) is 12.3. The lowest BCUT2D eigenvalue weighted by molar-refractivity contribution is 0.516. The number of rotatable bonds is 4. The quantitative estimate of drug-likeness (QED) is 0.197. The molecule has 1 atom stereocenters. The minimum atomic E-state index is 0.00384. The summed E-state index contributed by atoms with van der Waals surface area (Å²) in [6.45, 7) is 0. The first-order valence-electron chi connectivity index (χ1n) is 16.2. The molecule has 0 amide bonds. The van der Waals surface area contributed by atoms with Crippen LogP contribution in [0.5, 0.6) is 0 Å². The van der Waals surface area contributed by atoms with Gasteiger partial charge in [0.2, 0.25) is 0 Å². The molecule has 0 spiro atoms. The topological polar surface area (TPSA) is 65.0 Å². The second-order valence-electron chi connectivity index (χ2n) is 12.3. The summed E-state index contributed by atoms with van der Waals surface area (Å²) in [5, 5.41) is 5.44. The van der Waals surface area contributed by atoms with Gasteiger partial charge in [0.15, 0.2) is 17.5 Å². The van der Waals surface area contributed by atoms with Crippen molar-refractivity contribution < 1.29 is 8.83 Å². The Kier molecular flexibility index (Phi) is 5.93. The lowest BCUT2D eigenvalue weighted by atomic mass is 9.85. The van der Waals surface area contributed by atoms with E-state index >= 15 is 0 Å². The highest BCUT2D eigenvalue weighted by molar-refractivity contribution is 6.12. The van der Waals surface area contributed by atoms with E-state index in [1.165, 1.54) is 5.39 Å². The Morgan fingerprint density at radius 2 is 1.21 bits per heavy atom. The molecule has 3 aromatic heterocycles. The van der Waals surface area contributed by atoms with Crippen LogP contribution in [0.4, 0.5) is 0 Å². The van der Waals surface area contributed by atoms with Crippen molar-refractivity contribution in [2.75, 3.05) is 0 Å². The first-order valence-corrected chi connectivity index (χ1v) is 16.2. The number of hydrogen-bond acceptors (Lipinski definition) is 5. The van der Waals surface area contributed by atoms with Crippen LogP contribution in [0.25, 0.3) is 83.9 Å². The van der Waals surface area contributed by atoms with Crippen molar-refractivity contribution in [2.24, 2.45) is 0 Å². The molecule has 1 aliphatic carbocycles. The lowest BCUT2D eigenvalue weighted by Crippen LogP contribution is -2.05. The standard InChI is InChI=1S/C43H27N3O2/c1-2-12-27(13-3-1)41-44-42(29-22-21-26-11-4-5-14-28(26)23-29)46-43(45-41)35-24-30(25-38-39(35)34-16-7-9-20-37(34)47-38)31-17-10-18-33-32-15-6-8-19-36(32)48-40(31)33/h1-16,18-25,31H,17H2. The fourth-order valence-corrected chi connectivity index (χ4v) is 7.16. The maximum absolute atomic E-state index is 6.55. The predicted octanol–water partition coefficient (Wildman–Crippen LogP) is 11.2. The number of para-hydroxylation sites is 2. The van der Waals surface area contributed by atoms with E-state index in [4.69, 9.17) is 23.8 Å². The van der Waals surface area contributed by atoms with Crippen LogP contribution in [-0.4, -0.2) is 15.0 Å². The Bertz CT molecular complexity index is 2720. The average Bonchev–Trinajstić information content (AvgIpc) is 3.73. The minimum absolute atomic E-state index is 0.00384. The molecule has 9 aromatic rings. The van der Waals surface area contributed by atoms with Gasteiger partial charge in [-0.1, -0.05) is 115 Å². The smallest absolute Gasteiger partial charge is 0.164 e. The summed E-state index contributed by atoms with van der Waals surface area (Å²) in [7, 11) is 0. The highest BCUT2D eigenvalue weighted by atomic mass is 16.3. The van der Waals surface area contributed by atoms with Crippen molar-refractivity contribution in [3.8, 4) is 34.2 Å². The van der Waals surface area contributed by atoms with Crippen LogP contribution in [-0.2, 0) is 0 Å². The van der Waals surface area contributed by atoms with Gasteiger partial charge in [-0.3, -0.25) is 0 Å². The zero-order chi connectivity index (χ0) is 31.6. The monoisotopic (exact) mass is 617 g/mol. The zero-order valence-corrected chi connectivity index (χ0v) is 25.8. The van der Waals surface area contributed by atoms with Crippen LogP contribution in [0.2, 0.25) is 0 Å². The molecule has 0 radical (unpaired) electrons. The van der Waals surface area contributed by atoms with Crippen molar-refractivity contribution >= 4 is 49.8 Å². The van der Waals surface area contributed by atoms with E-state index in [9.17, 15) is 0 Å². The second kappa shape index (κ2) is 10.6. The molecule has 0 saturated carbocycles. The van der Waals surface area contributed by atoms with Gasteiger partial charge in [0.1, 0.15) is 22.5 Å². The fraction of sp³-hybridized carbons (Fsp3) is 0.0465. The molecule has 48 heavy (non-hydrogen) atoms. The molecule has 1 unspecified atom stereocenters. The van der Waals surface area contributed by atoms with E-state index < -0.39 is 0 Å². The Morgan fingerprint density at radius 1 is 0.521 bits per heavy atom. The van der Waals surface area contributed by atoms with E-state index in [0.29, 0.717) is 17.5 Å². The molecular formula is C43H27N3O2. The third-order valence-electron chi connectivity index (χ3n) is 9.45. The molecular weight excluding hydrogens is 590 g/mol. The Balaban J connectivity index is 1.24. The number of furan rings is 2. The molecule has 0 aliphatic heterocycles. The van der Waals surface area contributed by atoms with Gasteiger partial charge < -0.3 is 8.83 Å². The Morgan fingerprint density at radius 3 is 2.06 bits per heavy atom. The normalized spacial score (nSPS) is 14.3. The van der Waals surface area contributed by atoms with Crippen molar-refractivity contribution in [1.82, 2.24) is 15.0 Å². The number of allylic oxidation sites excluding steroid dienone is 1. The van der Waals surface area contributed by atoms with E-state index in [1.807, 2.05) is 60.7 Å². The van der Waals surface area contributed by atoms with Crippen LogP contribution < -0.4 is 0 Å². The summed E-state index contributed by atoms with van der Waals surface area (Å²) >= 11 is 0. The highest BCUT2D eigenvalue weighted by Crippen LogP contribution is 2.44. The molecule has 6 aromatic carbocycles. The van der Waals surface area contributed by atoms with Gasteiger partial charge in [0.25, 0.3) is 0 Å². The summed E-state index contributed by atoms with van der Waals surface area (Å²) in [6, 6.07) is 45.7. The maximum atomic E-state index is 6.55. The molecule has 3 heterocycles. The van der Waals surface area contributed by atoms with Gasteiger partial charge in [-0.05, 0) is 53.1 Å². The van der Waals surface area contributed by atoms with E-state index in [0.717, 1.165) is 78.3 Å². The number of benzene rings is 6. The van der Waals surface area contributed by atoms with Crippen LogP contribution in [0, 0.1) is 0 Å². The SMILES string of the molecule is C1=Cc2c(oc3ccccc23)C(c2cc(-c3nc(-c4ccccc4)nc(-c4ccc5ccccc5c4)n3)c3c(c2)oc2ccccc23)C1. The van der Waals surface area contributed by atoms with Crippen molar-refractivity contribution in [3.63, 3.8) is 0 Å². The van der Waals surface area contributed by atoms with Gasteiger partial charge >= 0.3 is 0 Å². The van der Waals surface area contributed by atoms with Crippen molar-refractivity contribution in [2.45, 2.75) is 12.3 Å². The van der Waals surface area contributed by atoms with Crippen molar-refractivity contribution in [3.05, 3.63) is 156 Å². The van der Waals surface area contributed by atoms with Crippen molar-refractivity contribution in [1.29, 1.82) is 0 Å². The highest BCUT2D eigenvalue weighted by Gasteiger charge is 2.28. The summed E-state index contributed by atoms with van der Waals surface area (Å²) in [4.78, 5) is 15.4. The van der Waals surface area contributed by atoms with E-state index in [1.54, 1.807) is 0 Å². The number of nitrogens with zero attached hydrogens (tertiary/aromatic N) is 3. The Hall–Kier alpha value is -6.33. The van der Waals surface area contributed by atoms with Crippen LogP contribution in [0.1, 0.15) is 29.2 Å². The third-order valence-corrected chi connectivity index (χ3v) is 9.45. The van der Waals surface area contributed by atoms with Crippen LogP contribution in [0.3, 0.4) is 0 Å². The van der Waals surface area contributed by atoms with Gasteiger partial charge in [-0.25, -0.2) is 15.0 Å². The van der Waals surface area contributed by atoms with Crippen LogP contribution >= 0.6 is 0 Å². The van der Waals surface area contributed by atoms with E-state index in [2.05, 4.69) is 84.9 Å². The molecule has 1 aliphatic rings. The van der Waals surface area contributed by atoms with Crippen LogP contribution in [0.15, 0.2) is 148 Å². The molecule has 5 nitrogen and oxygen atoms in total. The number of hydrogen-bond donors (Lipinski definition) is 0. The summed E-state index contributed by atoms with van der Waals surface area (Å²) < 4.78 is 13.1. The fourth-order valence-electron chi connectivity index (χ4n) is 7.16. The summed E-state index contributed by atoms with van der Waals surface area (Å²) in [5.74, 6) is 2.81. The number of aromatic nitrogens is 3. The predicted molar refractivity (Wildman–Crippen MR) is 193 cm³/mol. The zero-order valence-electron chi connectivity index (χ0n) is 25.8. The average molecular weight is 618 g/mol. The summed E-state index contributed by atoms with van der Waals surface area (Å²) in [6.07, 6.45) is 5.24. The molecule has 0 fully saturated rings. The van der Waals surface area contributed by atoms with E-state index in [-0.39, 0.29) is 5.92 Å². The molecule has 226 valence electrons. The molecule has 0 saturated heterocycles.